The maximum atomic E-state index is 12.9. The second-order valence-electron chi connectivity index (χ2n) is 6.07. The highest BCUT2D eigenvalue weighted by molar-refractivity contribution is 5.85. The summed E-state index contributed by atoms with van der Waals surface area (Å²) in [4.78, 5) is 14.5. The molecule has 0 saturated carbocycles. The molecule has 0 spiro atoms. The van der Waals surface area contributed by atoms with Gasteiger partial charge in [-0.2, -0.15) is 0 Å². The molecule has 128 valence electrons. The smallest absolute Gasteiger partial charge is 0.252 e. The number of nitrogens with zero attached hydrogens (tertiary/aromatic N) is 1. The Bertz CT molecular complexity index is 501. The van der Waals surface area contributed by atoms with Crippen LogP contribution in [0.5, 0.6) is 0 Å². The highest BCUT2D eigenvalue weighted by atomic mass is 19.1. The molecule has 5 nitrogen and oxygen atoms in total. The first-order valence-corrected chi connectivity index (χ1v) is 8.03. The average Bonchev–Trinajstić information content (AvgIpc) is 2.57. The molecule has 0 bridgehead atoms. The predicted molar refractivity (Wildman–Crippen MR) is 87.6 cm³/mol. The Labute approximate surface area is 137 Å². The van der Waals surface area contributed by atoms with Crippen molar-refractivity contribution >= 4 is 5.91 Å². The minimum absolute atomic E-state index is 0.0308. The van der Waals surface area contributed by atoms with Crippen molar-refractivity contribution in [1.29, 1.82) is 0 Å². The molecule has 2 N–H and O–H groups in total. The number of hydrogen-bond acceptors (Lipinski definition) is 4. The fourth-order valence-electron chi connectivity index (χ4n) is 2.86. The third-order valence-electron chi connectivity index (χ3n) is 4.36. The maximum absolute atomic E-state index is 12.9. The SMILES string of the molecule is COC1(C(=O)NCCN(C)Cc2ccc(F)cc2)CCNCC1. The molecule has 1 aliphatic rings. The molecule has 2 rings (SSSR count). The van der Waals surface area contributed by atoms with Crippen LogP contribution >= 0.6 is 0 Å². The molecule has 1 aromatic carbocycles. The normalized spacial score (nSPS) is 17.2. The third kappa shape index (κ3) is 4.99. The first kappa shape index (κ1) is 17.8. The second kappa shape index (κ2) is 8.38. The van der Waals surface area contributed by atoms with Gasteiger partial charge in [0.05, 0.1) is 0 Å². The second-order valence-corrected chi connectivity index (χ2v) is 6.07. The van der Waals surface area contributed by atoms with Gasteiger partial charge in [-0.3, -0.25) is 4.79 Å². The Kier molecular flexibility index (Phi) is 6.50. The minimum Gasteiger partial charge on any atom is -0.368 e. The van der Waals surface area contributed by atoms with Gasteiger partial charge in [0, 0.05) is 26.7 Å². The summed E-state index contributed by atoms with van der Waals surface area (Å²) in [5.74, 6) is -0.257. The van der Waals surface area contributed by atoms with E-state index in [1.807, 2.05) is 7.05 Å². The predicted octanol–water partition coefficient (Wildman–Crippen LogP) is 1.14. The van der Waals surface area contributed by atoms with Crippen LogP contribution in [0.15, 0.2) is 24.3 Å². The van der Waals surface area contributed by atoms with E-state index in [2.05, 4.69) is 15.5 Å². The fraction of sp³-hybridized carbons (Fsp3) is 0.588. The van der Waals surface area contributed by atoms with Crippen LogP contribution in [0.1, 0.15) is 18.4 Å². The summed E-state index contributed by atoms with van der Waals surface area (Å²) in [7, 11) is 3.58. The number of benzene rings is 1. The van der Waals surface area contributed by atoms with E-state index in [1.54, 1.807) is 19.2 Å². The Morgan fingerprint density at radius 1 is 1.35 bits per heavy atom. The zero-order valence-corrected chi connectivity index (χ0v) is 13.9. The van der Waals surface area contributed by atoms with E-state index < -0.39 is 5.60 Å². The van der Waals surface area contributed by atoms with Gasteiger partial charge in [-0.25, -0.2) is 4.39 Å². The van der Waals surface area contributed by atoms with Crippen molar-refractivity contribution < 1.29 is 13.9 Å². The van der Waals surface area contributed by atoms with Crippen molar-refractivity contribution in [3.63, 3.8) is 0 Å². The Balaban J connectivity index is 1.75. The number of likely N-dealkylation sites (N-methyl/N-ethyl adjacent to an activating group) is 1. The van der Waals surface area contributed by atoms with Crippen LogP contribution in [0.4, 0.5) is 4.39 Å². The number of carbonyl (C=O) groups excluding carboxylic acids is 1. The van der Waals surface area contributed by atoms with Crippen LogP contribution < -0.4 is 10.6 Å². The van der Waals surface area contributed by atoms with Crippen molar-refractivity contribution in [3.05, 3.63) is 35.6 Å². The number of rotatable bonds is 7. The van der Waals surface area contributed by atoms with Crippen LogP contribution in [-0.4, -0.2) is 56.7 Å². The molecular formula is C17H26FN3O2. The summed E-state index contributed by atoms with van der Waals surface area (Å²) >= 11 is 0. The van der Waals surface area contributed by atoms with Crippen molar-refractivity contribution in [3.8, 4) is 0 Å². The van der Waals surface area contributed by atoms with E-state index in [-0.39, 0.29) is 11.7 Å². The molecule has 1 aliphatic heterocycles. The molecule has 1 saturated heterocycles. The van der Waals surface area contributed by atoms with Gasteiger partial charge in [0.1, 0.15) is 11.4 Å². The van der Waals surface area contributed by atoms with Crippen molar-refractivity contribution in [2.24, 2.45) is 0 Å². The summed E-state index contributed by atoms with van der Waals surface area (Å²) in [6, 6.07) is 6.48. The average molecular weight is 323 g/mol. The lowest BCUT2D eigenvalue weighted by molar-refractivity contribution is -0.146. The lowest BCUT2D eigenvalue weighted by atomic mass is 9.91. The highest BCUT2D eigenvalue weighted by Crippen LogP contribution is 2.22. The third-order valence-corrected chi connectivity index (χ3v) is 4.36. The van der Waals surface area contributed by atoms with Crippen LogP contribution in [0, 0.1) is 5.82 Å². The highest BCUT2D eigenvalue weighted by Gasteiger charge is 2.39. The summed E-state index contributed by atoms with van der Waals surface area (Å²) in [6.07, 6.45) is 1.39. The molecule has 0 aliphatic carbocycles. The van der Waals surface area contributed by atoms with E-state index in [9.17, 15) is 9.18 Å². The van der Waals surface area contributed by atoms with Crippen molar-refractivity contribution in [2.75, 3.05) is 40.3 Å². The molecule has 0 unspecified atom stereocenters. The molecule has 1 heterocycles. The number of carbonyl (C=O) groups is 1. The van der Waals surface area contributed by atoms with Gasteiger partial charge >= 0.3 is 0 Å². The Morgan fingerprint density at radius 3 is 2.61 bits per heavy atom. The zero-order chi connectivity index (χ0) is 16.7. The monoisotopic (exact) mass is 323 g/mol. The summed E-state index contributed by atoms with van der Waals surface area (Å²) in [5.41, 5.74) is 0.354. The van der Waals surface area contributed by atoms with E-state index in [1.165, 1.54) is 12.1 Å². The number of ether oxygens (including phenoxy) is 1. The molecule has 0 radical (unpaired) electrons. The van der Waals surface area contributed by atoms with E-state index in [4.69, 9.17) is 4.74 Å². The molecule has 0 atom stereocenters. The molecule has 1 amide bonds. The quantitative estimate of drug-likeness (QED) is 0.790. The molecular weight excluding hydrogens is 297 g/mol. The van der Waals surface area contributed by atoms with Gasteiger partial charge < -0.3 is 20.3 Å². The zero-order valence-electron chi connectivity index (χ0n) is 13.9. The largest absolute Gasteiger partial charge is 0.368 e. The van der Waals surface area contributed by atoms with Crippen molar-refractivity contribution in [2.45, 2.75) is 25.0 Å². The van der Waals surface area contributed by atoms with Gasteiger partial charge in [0.15, 0.2) is 0 Å². The van der Waals surface area contributed by atoms with Gasteiger partial charge in [-0.1, -0.05) is 12.1 Å². The van der Waals surface area contributed by atoms with Gasteiger partial charge in [-0.15, -0.1) is 0 Å². The summed E-state index contributed by atoms with van der Waals surface area (Å²) < 4.78 is 18.4. The first-order valence-electron chi connectivity index (χ1n) is 8.03. The molecule has 23 heavy (non-hydrogen) atoms. The molecule has 1 aromatic rings. The minimum atomic E-state index is -0.694. The van der Waals surface area contributed by atoms with Crippen LogP contribution in [0.2, 0.25) is 0 Å². The maximum Gasteiger partial charge on any atom is 0.252 e. The lowest BCUT2D eigenvalue weighted by Crippen LogP contribution is -2.54. The molecule has 1 fully saturated rings. The van der Waals surface area contributed by atoms with Gasteiger partial charge in [-0.05, 0) is 50.7 Å². The lowest BCUT2D eigenvalue weighted by Gasteiger charge is -2.35. The topological polar surface area (TPSA) is 53.6 Å². The van der Waals surface area contributed by atoms with Crippen LogP contribution in [0.25, 0.3) is 0 Å². The Morgan fingerprint density at radius 2 is 2.00 bits per heavy atom. The number of nitrogens with one attached hydrogen (secondary N) is 2. The fourth-order valence-corrected chi connectivity index (χ4v) is 2.86. The molecule has 6 heteroatoms. The van der Waals surface area contributed by atoms with Crippen LogP contribution in [0.3, 0.4) is 0 Å². The van der Waals surface area contributed by atoms with E-state index in [0.29, 0.717) is 19.4 Å². The Hall–Kier alpha value is -1.50. The number of hydrogen-bond donors (Lipinski definition) is 2. The number of methoxy groups -OCH3 is 1. The number of halogens is 1. The molecule has 0 aromatic heterocycles. The van der Waals surface area contributed by atoms with Crippen molar-refractivity contribution in [1.82, 2.24) is 15.5 Å². The van der Waals surface area contributed by atoms with Gasteiger partial charge in [0.2, 0.25) is 0 Å². The first-order chi connectivity index (χ1) is 11.1. The van der Waals surface area contributed by atoms with E-state index >= 15 is 0 Å². The summed E-state index contributed by atoms with van der Waals surface area (Å²) in [5, 5.41) is 6.22. The van der Waals surface area contributed by atoms with Crippen LogP contribution in [-0.2, 0) is 16.1 Å². The standard InChI is InChI=1S/C17H26FN3O2/c1-21(13-14-3-5-15(18)6-4-14)12-11-20-16(22)17(23-2)7-9-19-10-8-17/h3-6,19H,7-13H2,1-2H3,(H,20,22). The van der Waals surface area contributed by atoms with E-state index in [0.717, 1.165) is 31.7 Å². The number of amides is 1. The number of piperidine rings is 1. The van der Waals surface area contributed by atoms with Gasteiger partial charge in [0.25, 0.3) is 5.91 Å². The summed E-state index contributed by atoms with van der Waals surface area (Å²) in [6.45, 7) is 3.60.